The van der Waals surface area contributed by atoms with Gasteiger partial charge in [0.05, 0.1) is 33.4 Å². The van der Waals surface area contributed by atoms with E-state index in [1.54, 1.807) is 0 Å². The predicted molar refractivity (Wildman–Crippen MR) is 440 cm³/mol. The van der Waals surface area contributed by atoms with Gasteiger partial charge >= 0.3 is 0 Å². The van der Waals surface area contributed by atoms with Crippen LogP contribution in [0.4, 0.5) is 34.1 Å². The molecule has 17 aromatic rings. The molecule has 0 saturated heterocycles. The van der Waals surface area contributed by atoms with Gasteiger partial charge in [-0.3, -0.25) is 0 Å². The zero-order valence-electron chi connectivity index (χ0n) is 59.1. The highest BCUT2D eigenvalue weighted by Crippen LogP contribution is 2.56. The second-order valence-electron chi connectivity index (χ2n) is 31.2. The minimum atomic E-state index is -0.329. The predicted octanol–water partition coefficient (Wildman–Crippen LogP) is 24.9. The first-order valence-electron chi connectivity index (χ1n) is 36.0. The van der Waals surface area contributed by atoms with Crippen molar-refractivity contribution in [3.8, 4) is 55.9 Å². The van der Waals surface area contributed by atoms with Crippen LogP contribution in [0.2, 0.25) is 0 Å². The average molecular weight is 1330 g/mol. The van der Waals surface area contributed by atoms with Gasteiger partial charge in [0.25, 0.3) is 6.71 Å². The Morgan fingerprint density at radius 1 is 0.284 bits per heavy atom. The highest BCUT2D eigenvalue weighted by Gasteiger charge is 2.47. The Balaban J connectivity index is 1.01. The molecule has 0 atom stereocenters. The first kappa shape index (κ1) is 61.6. The van der Waals surface area contributed by atoms with Crippen molar-refractivity contribution in [1.82, 2.24) is 9.13 Å². The average Bonchev–Trinajstić information content (AvgIpc) is 0.714. The van der Waals surface area contributed by atoms with Crippen LogP contribution in [-0.4, -0.2) is 15.8 Å². The molecule has 0 saturated carbocycles. The Labute approximate surface area is 601 Å². The van der Waals surface area contributed by atoms with E-state index in [1.165, 1.54) is 119 Å². The lowest BCUT2D eigenvalue weighted by atomic mass is 9.33. The lowest BCUT2D eigenvalue weighted by Crippen LogP contribution is -2.61. The normalized spacial score (nSPS) is 13.1. The van der Waals surface area contributed by atoms with Gasteiger partial charge in [0.15, 0.2) is 0 Å². The second-order valence-corrected chi connectivity index (χ2v) is 32.3. The van der Waals surface area contributed by atoms with Crippen molar-refractivity contribution in [2.24, 2.45) is 0 Å². The van der Waals surface area contributed by atoms with Gasteiger partial charge in [0.2, 0.25) is 0 Å². The standard InChI is InChI=1S/C96H77BN4S/c1-94(2,3)64-52-74(60-30-14-10-15-31-60)91(75(53-64)61-32-16-11-17-33-61)100-83-58-67(98-80-42-26-22-38-69(80)70-39-23-27-43-81(70)98)46-49-78(83)97-79-50-47-68(99-82-44-28-24-40-71(82)72-48-51-88-89(93(72)99)73-41-25-29-45-87(73)102-88)59-84(79)101(86-57-66(96(7,8)9)56-85(100)90(86)97)92-76(62-34-18-12-19-35-62)54-65(95(4,5)6)55-77(92)63-36-20-13-21-37-63/h10-59H,1-9H3. The van der Waals surface area contributed by atoms with E-state index < -0.39 is 0 Å². The molecule has 0 fully saturated rings. The second kappa shape index (κ2) is 23.1. The first-order valence-corrected chi connectivity index (χ1v) is 36.8. The molecule has 490 valence electrons. The molecule has 4 nitrogen and oxygen atoms in total. The summed E-state index contributed by atoms with van der Waals surface area (Å²) in [6.45, 7) is 21.1. The topological polar surface area (TPSA) is 16.3 Å². The zero-order chi connectivity index (χ0) is 69.1. The van der Waals surface area contributed by atoms with E-state index in [4.69, 9.17) is 0 Å². The number of rotatable bonds is 8. The summed E-state index contributed by atoms with van der Waals surface area (Å²) in [6.07, 6.45) is 0. The van der Waals surface area contributed by atoms with Crippen molar-refractivity contribution in [1.29, 1.82) is 0 Å². The van der Waals surface area contributed by atoms with E-state index in [2.05, 4.69) is 385 Å². The number of aromatic nitrogens is 2. The molecule has 0 unspecified atom stereocenters. The number of benzene rings is 14. The number of hydrogen-bond donors (Lipinski definition) is 0. The third kappa shape index (κ3) is 9.63. The van der Waals surface area contributed by atoms with Crippen LogP contribution in [0.1, 0.15) is 79.0 Å². The van der Waals surface area contributed by atoms with Crippen LogP contribution < -0.4 is 26.2 Å². The summed E-state index contributed by atoms with van der Waals surface area (Å²) >= 11 is 1.89. The Hall–Kier alpha value is -11.4. The minimum absolute atomic E-state index is 0.188. The Morgan fingerprint density at radius 2 is 0.637 bits per heavy atom. The Kier molecular flexibility index (Phi) is 13.9. The summed E-state index contributed by atoms with van der Waals surface area (Å²) in [6, 6.07) is 116. The summed E-state index contributed by atoms with van der Waals surface area (Å²) in [5, 5.41) is 7.52. The van der Waals surface area contributed by atoms with E-state index in [0.717, 1.165) is 67.8 Å². The number of para-hydroxylation sites is 3. The minimum Gasteiger partial charge on any atom is -0.310 e. The van der Waals surface area contributed by atoms with Crippen LogP contribution in [0.25, 0.3) is 120 Å². The number of nitrogens with zero attached hydrogens (tertiary/aromatic N) is 4. The Bertz CT molecular complexity index is 6080. The largest absolute Gasteiger partial charge is 0.310 e. The molecule has 19 rings (SSSR count). The first-order chi connectivity index (χ1) is 49.5. The van der Waals surface area contributed by atoms with E-state index in [9.17, 15) is 0 Å². The van der Waals surface area contributed by atoms with Gasteiger partial charge < -0.3 is 18.9 Å². The molecule has 0 amide bonds. The third-order valence-electron chi connectivity index (χ3n) is 21.9. The molecule has 3 aromatic heterocycles. The monoisotopic (exact) mass is 1330 g/mol. The van der Waals surface area contributed by atoms with Crippen LogP contribution in [0, 0.1) is 0 Å². The number of fused-ring (bicyclic) bond motifs is 14. The lowest BCUT2D eigenvalue weighted by Gasteiger charge is -2.47. The Morgan fingerprint density at radius 3 is 1.06 bits per heavy atom. The molecule has 102 heavy (non-hydrogen) atoms. The van der Waals surface area contributed by atoms with Crippen molar-refractivity contribution < 1.29 is 0 Å². The van der Waals surface area contributed by atoms with Crippen molar-refractivity contribution in [3.63, 3.8) is 0 Å². The van der Waals surface area contributed by atoms with Crippen molar-refractivity contribution in [3.05, 3.63) is 320 Å². The molecule has 6 heteroatoms. The maximum atomic E-state index is 2.75. The fraction of sp³-hybridized carbons (Fsp3) is 0.125. The fourth-order valence-electron chi connectivity index (χ4n) is 16.9. The van der Waals surface area contributed by atoms with Gasteiger partial charge in [0, 0.05) is 98.1 Å². The third-order valence-corrected chi connectivity index (χ3v) is 23.1. The summed E-state index contributed by atoms with van der Waals surface area (Å²) < 4.78 is 7.68. The maximum absolute atomic E-state index is 2.75. The van der Waals surface area contributed by atoms with E-state index in [-0.39, 0.29) is 23.0 Å². The van der Waals surface area contributed by atoms with Gasteiger partial charge in [0.1, 0.15) is 0 Å². The van der Waals surface area contributed by atoms with E-state index >= 15 is 0 Å². The van der Waals surface area contributed by atoms with Crippen molar-refractivity contribution >= 4 is 132 Å². The summed E-state index contributed by atoms with van der Waals surface area (Å²) in [5.74, 6) is 0. The maximum Gasteiger partial charge on any atom is 0.252 e. The summed E-state index contributed by atoms with van der Waals surface area (Å²) in [4.78, 5) is 5.48. The quantitative estimate of drug-likeness (QED) is 0.141. The molecular weight excluding hydrogens is 1250 g/mol. The molecule has 0 bridgehead atoms. The molecule has 2 aliphatic rings. The van der Waals surface area contributed by atoms with E-state index in [0.29, 0.717) is 0 Å². The highest BCUT2D eigenvalue weighted by molar-refractivity contribution is 7.26. The zero-order valence-corrected chi connectivity index (χ0v) is 60.0. The number of hydrogen-bond acceptors (Lipinski definition) is 3. The summed E-state index contributed by atoms with van der Waals surface area (Å²) in [7, 11) is 0. The van der Waals surface area contributed by atoms with Crippen molar-refractivity contribution in [2.45, 2.75) is 78.6 Å². The van der Waals surface area contributed by atoms with Gasteiger partial charge in [-0.15, -0.1) is 11.3 Å². The van der Waals surface area contributed by atoms with Gasteiger partial charge in [-0.25, -0.2) is 0 Å². The van der Waals surface area contributed by atoms with Crippen LogP contribution in [-0.2, 0) is 16.2 Å². The fourth-order valence-corrected chi connectivity index (χ4v) is 18.0. The molecule has 5 heterocycles. The molecule has 14 aromatic carbocycles. The molecule has 2 aliphatic heterocycles. The van der Waals surface area contributed by atoms with Crippen LogP contribution >= 0.6 is 11.3 Å². The molecule has 0 radical (unpaired) electrons. The molecule has 0 N–H and O–H groups in total. The highest BCUT2D eigenvalue weighted by atomic mass is 32.1. The smallest absolute Gasteiger partial charge is 0.252 e. The molecular formula is C96H77BN4S. The van der Waals surface area contributed by atoms with Crippen LogP contribution in [0.15, 0.2) is 303 Å². The van der Waals surface area contributed by atoms with Gasteiger partial charge in [-0.05, 0) is 163 Å². The number of thiophene rings is 1. The van der Waals surface area contributed by atoms with Crippen LogP contribution in [0.3, 0.4) is 0 Å². The van der Waals surface area contributed by atoms with Gasteiger partial charge in [-0.2, -0.15) is 0 Å². The van der Waals surface area contributed by atoms with E-state index in [1.807, 2.05) is 11.3 Å². The van der Waals surface area contributed by atoms with Crippen LogP contribution in [0.5, 0.6) is 0 Å². The SMILES string of the molecule is CC(C)(C)c1cc(-c2ccccc2)c(N2c3cc(-n4c5ccccc5c5ccccc54)ccc3B3c4ccc(-n5c6ccccc6c6ccc7sc8ccccc8c7c65)cc4N(c4c(-c5ccccc5)cc(C(C)(C)C)cc4-c4ccccc4)c4cc(C(C)(C)C)cc2c43)c(-c2ccccc2)c1. The number of anilines is 6. The lowest BCUT2D eigenvalue weighted by molar-refractivity contribution is 0.590. The summed E-state index contributed by atoms with van der Waals surface area (Å²) in [5.41, 5.74) is 30.0. The van der Waals surface area contributed by atoms with Crippen molar-refractivity contribution in [2.75, 3.05) is 9.80 Å². The molecule has 0 aliphatic carbocycles. The van der Waals surface area contributed by atoms with Gasteiger partial charge in [-0.1, -0.05) is 275 Å². The molecule has 0 spiro atoms.